The molecular weight excluding hydrogens is 254 g/mol. The van der Waals surface area contributed by atoms with E-state index in [1.807, 2.05) is 31.2 Å². The Morgan fingerprint density at radius 1 is 1.30 bits per heavy atom. The number of hydrazine groups is 1. The highest BCUT2D eigenvalue weighted by Crippen LogP contribution is 2.27. The van der Waals surface area contributed by atoms with Crippen LogP contribution in [0.25, 0.3) is 10.9 Å². The lowest BCUT2D eigenvalue weighted by molar-refractivity contribution is 0.0497. The molecule has 1 saturated heterocycles. The van der Waals surface area contributed by atoms with Crippen molar-refractivity contribution in [3.63, 3.8) is 0 Å². The summed E-state index contributed by atoms with van der Waals surface area (Å²) < 4.78 is 10.9. The van der Waals surface area contributed by atoms with Crippen molar-refractivity contribution in [2.45, 2.75) is 6.92 Å². The van der Waals surface area contributed by atoms with Gasteiger partial charge in [0.15, 0.2) is 0 Å². The molecule has 0 aliphatic carbocycles. The van der Waals surface area contributed by atoms with Gasteiger partial charge in [0.25, 0.3) is 0 Å². The van der Waals surface area contributed by atoms with Gasteiger partial charge in [-0.05, 0) is 13.0 Å². The second-order valence-electron chi connectivity index (χ2n) is 4.67. The predicted octanol–water partition coefficient (Wildman–Crippen LogP) is 2.29. The second-order valence-corrected chi connectivity index (χ2v) is 4.67. The van der Waals surface area contributed by atoms with Crippen molar-refractivity contribution in [3.8, 4) is 5.88 Å². The number of pyridine rings is 1. The lowest BCUT2D eigenvalue weighted by atomic mass is 10.2. The molecule has 3 rings (SSSR count). The maximum atomic E-state index is 5.55. The molecule has 5 nitrogen and oxygen atoms in total. The number of hydrogen-bond acceptors (Lipinski definition) is 5. The summed E-state index contributed by atoms with van der Waals surface area (Å²) in [6.45, 7) is 5.85. The van der Waals surface area contributed by atoms with Crippen LogP contribution in [0.1, 0.15) is 6.92 Å². The molecule has 1 aliphatic rings. The Bertz CT molecular complexity index is 582. The number of aromatic nitrogens is 1. The summed E-state index contributed by atoms with van der Waals surface area (Å²) in [5.41, 5.74) is 5.42. The first-order valence-electron chi connectivity index (χ1n) is 6.99. The topological polar surface area (TPSA) is 46.6 Å². The standard InChI is InChI=1S/C15H19N3O2/c1-2-20-15-11-14(17-18-7-9-19-10-8-18)12-5-3-4-6-13(12)16-15/h3-6,11H,2,7-10H2,1H3,(H,16,17). The molecule has 0 bridgehead atoms. The minimum absolute atomic E-state index is 0.613. The zero-order valence-electron chi connectivity index (χ0n) is 11.6. The van der Waals surface area contributed by atoms with Crippen LogP contribution in [0, 0.1) is 0 Å². The van der Waals surface area contributed by atoms with Gasteiger partial charge in [-0.1, -0.05) is 18.2 Å². The Labute approximate surface area is 118 Å². The van der Waals surface area contributed by atoms with E-state index in [-0.39, 0.29) is 0 Å². The van der Waals surface area contributed by atoms with Crippen LogP contribution in [-0.2, 0) is 4.74 Å². The third-order valence-electron chi connectivity index (χ3n) is 3.27. The molecule has 1 aromatic heterocycles. The monoisotopic (exact) mass is 273 g/mol. The fourth-order valence-corrected chi connectivity index (χ4v) is 2.31. The lowest BCUT2D eigenvalue weighted by Crippen LogP contribution is -2.40. The number of rotatable bonds is 4. The summed E-state index contributed by atoms with van der Waals surface area (Å²) in [5.74, 6) is 0.655. The highest BCUT2D eigenvalue weighted by Gasteiger charge is 2.13. The summed E-state index contributed by atoms with van der Waals surface area (Å²) in [6.07, 6.45) is 0. The zero-order valence-corrected chi connectivity index (χ0v) is 11.6. The lowest BCUT2D eigenvalue weighted by Gasteiger charge is -2.28. The van der Waals surface area contributed by atoms with E-state index in [0.717, 1.165) is 42.9 Å². The van der Waals surface area contributed by atoms with Gasteiger partial charge >= 0.3 is 0 Å². The van der Waals surface area contributed by atoms with Crippen molar-refractivity contribution >= 4 is 16.6 Å². The summed E-state index contributed by atoms with van der Waals surface area (Å²) >= 11 is 0. The predicted molar refractivity (Wildman–Crippen MR) is 78.9 cm³/mol. The van der Waals surface area contributed by atoms with Gasteiger partial charge in [0, 0.05) is 24.5 Å². The molecule has 0 atom stereocenters. The second kappa shape index (κ2) is 6.07. The zero-order chi connectivity index (χ0) is 13.8. The van der Waals surface area contributed by atoms with Crippen LogP contribution in [0.4, 0.5) is 5.69 Å². The average Bonchev–Trinajstić information content (AvgIpc) is 2.49. The largest absolute Gasteiger partial charge is 0.478 e. The molecule has 0 saturated carbocycles. The molecule has 2 aromatic rings. The number of benzene rings is 1. The van der Waals surface area contributed by atoms with Crippen LogP contribution in [-0.4, -0.2) is 42.9 Å². The fourth-order valence-electron chi connectivity index (χ4n) is 2.31. The maximum Gasteiger partial charge on any atom is 0.215 e. The molecular formula is C15H19N3O2. The van der Waals surface area contributed by atoms with Crippen molar-refractivity contribution in [1.82, 2.24) is 9.99 Å². The third-order valence-corrected chi connectivity index (χ3v) is 3.27. The number of nitrogens with one attached hydrogen (secondary N) is 1. The Morgan fingerprint density at radius 3 is 2.90 bits per heavy atom. The molecule has 0 amide bonds. The minimum atomic E-state index is 0.613. The van der Waals surface area contributed by atoms with Crippen molar-refractivity contribution < 1.29 is 9.47 Å². The van der Waals surface area contributed by atoms with E-state index >= 15 is 0 Å². The van der Waals surface area contributed by atoms with Crippen molar-refractivity contribution in [2.75, 3.05) is 38.3 Å². The summed E-state index contributed by atoms with van der Waals surface area (Å²) in [7, 11) is 0. The number of nitrogens with zero attached hydrogens (tertiary/aromatic N) is 2. The van der Waals surface area contributed by atoms with Gasteiger partial charge in [0.2, 0.25) is 5.88 Å². The van der Waals surface area contributed by atoms with Crippen LogP contribution in [0.15, 0.2) is 30.3 Å². The molecule has 1 aromatic carbocycles. The highest BCUT2D eigenvalue weighted by atomic mass is 16.5. The molecule has 1 N–H and O–H groups in total. The summed E-state index contributed by atoms with van der Waals surface area (Å²) in [5, 5.41) is 3.27. The van der Waals surface area contributed by atoms with E-state index in [9.17, 15) is 0 Å². The van der Waals surface area contributed by atoms with E-state index in [4.69, 9.17) is 9.47 Å². The number of anilines is 1. The molecule has 0 spiro atoms. The first-order valence-corrected chi connectivity index (χ1v) is 6.99. The normalized spacial score (nSPS) is 16.2. The smallest absolute Gasteiger partial charge is 0.215 e. The van der Waals surface area contributed by atoms with Crippen LogP contribution in [0.3, 0.4) is 0 Å². The van der Waals surface area contributed by atoms with Crippen LogP contribution in [0.5, 0.6) is 5.88 Å². The van der Waals surface area contributed by atoms with Crippen molar-refractivity contribution in [3.05, 3.63) is 30.3 Å². The van der Waals surface area contributed by atoms with E-state index in [1.54, 1.807) is 0 Å². The maximum absolute atomic E-state index is 5.55. The van der Waals surface area contributed by atoms with Crippen LogP contribution < -0.4 is 10.2 Å². The van der Waals surface area contributed by atoms with E-state index < -0.39 is 0 Å². The molecule has 0 unspecified atom stereocenters. The molecule has 1 fully saturated rings. The Kier molecular flexibility index (Phi) is 3.99. The van der Waals surface area contributed by atoms with Gasteiger partial charge in [0.05, 0.1) is 31.0 Å². The third kappa shape index (κ3) is 2.84. The van der Waals surface area contributed by atoms with Crippen molar-refractivity contribution in [1.29, 1.82) is 0 Å². The van der Waals surface area contributed by atoms with Crippen molar-refractivity contribution in [2.24, 2.45) is 0 Å². The highest BCUT2D eigenvalue weighted by molar-refractivity contribution is 5.91. The number of para-hydroxylation sites is 1. The van der Waals surface area contributed by atoms with Gasteiger partial charge in [-0.2, -0.15) is 0 Å². The fraction of sp³-hybridized carbons (Fsp3) is 0.400. The molecule has 106 valence electrons. The Balaban J connectivity index is 1.93. The van der Waals surface area contributed by atoms with E-state index in [1.165, 1.54) is 0 Å². The number of fused-ring (bicyclic) bond motifs is 1. The van der Waals surface area contributed by atoms with E-state index in [2.05, 4.69) is 21.5 Å². The van der Waals surface area contributed by atoms with Gasteiger partial charge in [0.1, 0.15) is 0 Å². The summed E-state index contributed by atoms with van der Waals surface area (Å²) in [6, 6.07) is 10.0. The van der Waals surface area contributed by atoms with Gasteiger partial charge in [-0.3, -0.25) is 0 Å². The van der Waals surface area contributed by atoms with Gasteiger partial charge in [-0.15, -0.1) is 0 Å². The number of ether oxygens (including phenoxy) is 2. The Hall–Kier alpha value is -1.85. The SMILES string of the molecule is CCOc1cc(NN2CCOCC2)c2ccccc2n1. The van der Waals surface area contributed by atoms with Gasteiger partial charge in [-0.25, -0.2) is 9.99 Å². The molecule has 1 aliphatic heterocycles. The number of morpholine rings is 1. The molecule has 20 heavy (non-hydrogen) atoms. The first kappa shape index (κ1) is 13.1. The average molecular weight is 273 g/mol. The van der Waals surface area contributed by atoms with Crippen LogP contribution in [0.2, 0.25) is 0 Å². The Morgan fingerprint density at radius 2 is 2.10 bits per heavy atom. The van der Waals surface area contributed by atoms with Gasteiger partial charge < -0.3 is 14.9 Å². The molecule has 0 radical (unpaired) electrons. The van der Waals surface area contributed by atoms with E-state index in [0.29, 0.717) is 12.5 Å². The summed E-state index contributed by atoms with van der Waals surface area (Å²) in [4.78, 5) is 4.51. The minimum Gasteiger partial charge on any atom is -0.478 e. The number of hydrogen-bond donors (Lipinski definition) is 1. The first-order chi connectivity index (χ1) is 9.86. The molecule has 5 heteroatoms. The quantitative estimate of drug-likeness (QED) is 0.926. The van der Waals surface area contributed by atoms with Crippen LogP contribution >= 0.6 is 0 Å². The molecule has 2 heterocycles.